The molecule has 0 bridgehead atoms. The van der Waals surface area contributed by atoms with Crippen molar-refractivity contribution < 1.29 is 0 Å². The Morgan fingerprint density at radius 3 is 2.63 bits per heavy atom. The first-order valence-corrected chi connectivity index (χ1v) is 9.71. The highest BCUT2D eigenvalue weighted by Gasteiger charge is 2.10. The van der Waals surface area contributed by atoms with Gasteiger partial charge < -0.3 is 9.88 Å². The molecule has 30 heavy (non-hydrogen) atoms. The second-order valence-electron chi connectivity index (χ2n) is 6.77. The van der Waals surface area contributed by atoms with Crippen molar-refractivity contribution in [1.29, 1.82) is 0 Å². The van der Waals surface area contributed by atoms with E-state index in [9.17, 15) is 0 Å². The lowest BCUT2D eigenvalue weighted by Crippen LogP contribution is -2.11. The Bertz CT molecular complexity index is 1210. The third-order valence-electron chi connectivity index (χ3n) is 4.76. The molecule has 0 aliphatic carbocycles. The molecule has 0 amide bonds. The highest BCUT2D eigenvalue weighted by molar-refractivity contribution is 5.75. The molecule has 5 aromatic rings. The molecule has 0 aliphatic rings. The molecule has 0 fully saturated rings. The van der Waals surface area contributed by atoms with Crippen LogP contribution in [0.1, 0.15) is 0 Å². The number of hydrogen-bond acceptors (Lipinski definition) is 6. The molecule has 1 aromatic carbocycles. The van der Waals surface area contributed by atoms with Crippen molar-refractivity contribution in [2.75, 3.05) is 11.9 Å². The van der Waals surface area contributed by atoms with E-state index in [1.807, 2.05) is 60.9 Å². The van der Waals surface area contributed by atoms with Gasteiger partial charge in [-0.2, -0.15) is 0 Å². The molecular formula is C23H19N7. The smallest absolute Gasteiger partial charge is 0.180 e. The van der Waals surface area contributed by atoms with E-state index < -0.39 is 0 Å². The first-order chi connectivity index (χ1) is 14.9. The molecule has 0 spiro atoms. The number of imidazole rings is 1. The van der Waals surface area contributed by atoms with Crippen LogP contribution in [0.25, 0.3) is 33.8 Å². The molecule has 5 rings (SSSR count). The number of nitrogens with one attached hydrogen (secondary N) is 1. The van der Waals surface area contributed by atoms with E-state index in [4.69, 9.17) is 4.98 Å². The molecule has 0 radical (unpaired) electrons. The van der Waals surface area contributed by atoms with Crippen LogP contribution in [0.4, 0.5) is 5.82 Å². The molecule has 0 saturated heterocycles. The maximum absolute atomic E-state index is 4.70. The van der Waals surface area contributed by atoms with E-state index in [2.05, 4.69) is 35.9 Å². The molecule has 0 unspecified atom stereocenters. The highest BCUT2D eigenvalue weighted by atomic mass is 15.1. The highest BCUT2D eigenvalue weighted by Crippen LogP contribution is 2.23. The summed E-state index contributed by atoms with van der Waals surface area (Å²) in [5, 5.41) is 3.42. The Hall–Kier alpha value is -4.13. The Labute approximate surface area is 173 Å². The van der Waals surface area contributed by atoms with Crippen LogP contribution in [-0.2, 0) is 6.54 Å². The fraction of sp³-hybridized carbons (Fsp3) is 0.0870. The second-order valence-corrected chi connectivity index (χ2v) is 6.77. The van der Waals surface area contributed by atoms with E-state index in [1.165, 1.54) is 0 Å². The normalized spacial score (nSPS) is 10.9. The zero-order valence-electron chi connectivity index (χ0n) is 16.2. The lowest BCUT2D eigenvalue weighted by Gasteiger charge is -2.11. The summed E-state index contributed by atoms with van der Waals surface area (Å²) in [4.78, 5) is 22.4. The van der Waals surface area contributed by atoms with Crippen molar-refractivity contribution in [2.24, 2.45) is 0 Å². The van der Waals surface area contributed by atoms with Crippen LogP contribution in [0.2, 0.25) is 0 Å². The predicted molar refractivity (Wildman–Crippen MR) is 117 cm³/mol. The minimum atomic E-state index is 0.576. The summed E-state index contributed by atoms with van der Waals surface area (Å²) in [6, 6.07) is 19.7. The lowest BCUT2D eigenvalue weighted by molar-refractivity contribution is 0.747. The number of pyridine rings is 2. The Morgan fingerprint density at radius 1 is 0.833 bits per heavy atom. The number of para-hydroxylation sites is 2. The average molecular weight is 393 g/mol. The third kappa shape index (κ3) is 3.73. The van der Waals surface area contributed by atoms with Crippen molar-refractivity contribution in [3.8, 4) is 22.8 Å². The number of anilines is 1. The van der Waals surface area contributed by atoms with Gasteiger partial charge in [-0.3, -0.25) is 9.97 Å². The Balaban J connectivity index is 1.42. The van der Waals surface area contributed by atoms with Crippen LogP contribution in [0.5, 0.6) is 0 Å². The third-order valence-corrected chi connectivity index (χ3v) is 4.76. The summed E-state index contributed by atoms with van der Waals surface area (Å²) in [6.45, 7) is 1.47. The minimum Gasteiger partial charge on any atom is -0.368 e. The quantitative estimate of drug-likeness (QED) is 0.468. The van der Waals surface area contributed by atoms with E-state index in [1.54, 1.807) is 18.6 Å². The maximum atomic E-state index is 4.70. The van der Waals surface area contributed by atoms with Crippen molar-refractivity contribution >= 4 is 16.9 Å². The molecule has 7 nitrogen and oxygen atoms in total. The van der Waals surface area contributed by atoms with Gasteiger partial charge in [0.2, 0.25) is 0 Å². The number of rotatable bonds is 6. The number of benzene rings is 1. The van der Waals surface area contributed by atoms with Gasteiger partial charge in [-0.05, 0) is 36.4 Å². The summed E-state index contributed by atoms with van der Waals surface area (Å²) >= 11 is 0. The predicted octanol–water partition coefficient (Wildman–Crippen LogP) is 4.06. The van der Waals surface area contributed by atoms with Crippen LogP contribution >= 0.6 is 0 Å². The number of fused-ring (bicyclic) bond motifs is 1. The van der Waals surface area contributed by atoms with Crippen LogP contribution < -0.4 is 5.32 Å². The summed E-state index contributed by atoms with van der Waals surface area (Å²) in [7, 11) is 0. The summed E-state index contributed by atoms with van der Waals surface area (Å²) in [6.07, 6.45) is 7.16. The Morgan fingerprint density at radius 2 is 1.77 bits per heavy atom. The van der Waals surface area contributed by atoms with Gasteiger partial charge in [-0.15, -0.1) is 0 Å². The summed E-state index contributed by atoms with van der Waals surface area (Å²) in [5.74, 6) is 1.32. The van der Waals surface area contributed by atoms with Gasteiger partial charge in [0.25, 0.3) is 0 Å². The van der Waals surface area contributed by atoms with Gasteiger partial charge >= 0.3 is 0 Å². The van der Waals surface area contributed by atoms with Crippen LogP contribution in [0.3, 0.4) is 0 Å². The summed E-state index contributed by atoms with van der Waals surface area (Å²) in [5.41, 5.74) is 4.57. The first-order valence-electron chi connectivity index (χ1n) is 9.71. The van der Waals surface area contributed by atoms with Crippen molar-refractivity contribution in [3.63, 3.8) is 0 Å². The largest absolute Gasteiger partial charge is 0.368 e. The van der Waals surface area contributed by atoms with E-state index >= 15 is 0 Å². The molecule has 0 aliphatic heterocycles. The number of nitrogens with zero attached hydrogens (tertiary/aromatic N) is 6. The number of hydrogen-bond donors (Lipinski definition) is 1. The summed E-state index contributed by atoms with van der Waals surface area (Å²) < 4.78 is 2.13. The number of aromatic nitrogens is 6. The van der Waals surface area contributed by atoms with Gasteiger partial charge in [-0.25, -0.2) is 15.0 Å². The van der Waals surface area contributed by atoms with Crippen LogP contribution in [0, 0.1) is 0 Å². The second kappa shape index (κ2) is 8.08. The Kier molecular flexibility index (Phi) is 4.83. The molecule has 4 heterocycles. The van der Waals surface area contributed by atoms with E-state index in [-0.39, 0.29) is 0 Å². The molecular weight excluding hydrogens is 374 g/mol. The lowest BCUT2D eigenvalue weighted by atomic mass is 10.2. The molecule has 4 aromatic heterocycles. The van der Waals surface area contributed by atoms with Crippen molar-refractivity contribution in [1.82, 2.24) is 29.5 Å². The minimum absolute atomic E-state index is 0.576. The van der Waals surface area contributed by atoms with Gasteiger partial charge in [0, 0.05) is 43.3 Å². The average Bonchev–Trinajstić information content (AvgIpc) is 3.23. The van der Waals surface area contributed by atoms with Gasteiger partial charge in [0.05, 0.1) is 23.1 Å². The first kappa shape index (κ1) is 17.9. The van der Waals surface area contributed by atoms with Gasteiger partial charge in [0.15, 0.2) is 5.82 Å². The van der Waals surface area contributed by atoms with Crippen LogP contribution in [-0.4, -0.2) is 36.0 Å². The zero-order valence-corrected chi connectivity index (χ0v) is 16.2. The molecule has 7 heteroatoms. The SMILES string of the molecule is c1ccc(-c2nc(NCCn3cnc4ccccc43)cc(-c3cccnc3)n2)nc1. The van der Waals surface area contributed by atoms with Gasteiger partial charge in [0.1, 0.15) is 11.5 Å². The zero-order chi connectivity index (χ0) is 20.2. The standard InChI is InChI=1S/C23H19N7/c1-2-9-21-18(7-1)27-16-30(21)13-12-26-22-14-20(17-6-5-10-24-15-17)28-23(29-22)19-8-3-4-11-25-19/h1-11,14-16H,12-13H2,(H,26,28,29). The maximum Gasteiger partial charge on any atom is 0.180 e. The monoisotopic (exact) mass is 393 g/mol. The van der Waals surface area contributed by atoms with Crippen molar-refractivity contribution in [3.05, 3.63) is 85.6 Å². The topological polar surface area (TPSA) is 81.4 Å². The fourth-order valence-corrected chi connectivity index (χ4v) is 3.30. The molecule has 146 valence electrons. The van der Waals surface area contributed by atoms with E-state index in [0.29, 0.717) is 12.4 Å². The van der Waals surface area contributed by atoms with Crippen LogP contribution in [0.15, 0.2) is 85.6 Å². The molecule has 0 atom stereocenters. The molecule has 0 saturated carbocycles. The van der Waals surface area contributed by atoms with Gasteiger partial charge in [-0.1, -0.05) is 18.2 Å². The van der Waals surface area contributed by atoms with Crippen molar-refractivity contribution in [2.45, 2.75) is 6.54 Å². The molecule has 1 N–H and O–H groups in total. The fourth-order valence-electron chi connectivity index (χ4n) is 3.30. The van der Waals surface area contributed by atoms with E-state index in [0.717, 1.165) is 40.3 Å².